The molecule has 1 amide bonds. The van der Waals surface area contributed by atoms with E-state index >= 15 is 0 Å². The Morgan fingerprint density at radius 1 is 1.07 bits per heavy atom. The number of benzene rings is 1. The molecule has 6 nitrogen and oxygen atoms in total. The number of carbonyl (C=O) groups excluding carboxylic acids is 1. The summed E-state index contributed by atoms with van der Waals surface area (Å²) in [5.41, 5.74) is 3.71. The lowest BCUT2D eigenvalue weighted by Crippen LogP contribution is -2.50. The molecule has 1 N–H and O–H groups in total. The average Bonchev–Trinajstić information content (AvgIpc) is 2.73. The summed E-state index contributed by atoms with van der Waals surface area (Å²) in [6, 6.07) is 12.2. The highest BCUT2D eigenvalue weighted by Gasteiger charge is 2.25. The van der Waals surface area contributed by atoms with Gasteiger partial charge >= 0.3 is 6.09 Å². The number of pyridine rings is 1. The molecule has 3 rings (SSSR count). The Hall–Kier alpha value is -2.86. The van der Waals surface area contributed by atoms with Gasteiger partial charge in [0.1, 0.15) is 5.60 Å². The standard InChI is InChI=1S/C24H31N3O3/c1-24(2,3)30-23(29)27-15-13-26(14-16-27)22-11-10-21(25-18-22)9-8-19-4-6-20(7-5-19)12-17-28/h4-11,18,28H,12-17H2,1-3H3/b9-8+. The molecule has 2 aromatic rings. The fourth-order valence-corrected chi connectivity index (χ4v) is 3.26. The highest BCUT2D eigenvalue weighted by molar-refractivity contribution is 5.69. The van der Waals surface area contributed by atoms with Gasteiger partial charge in [-0.05, 0) is 56.5 Å². The van der Waals surface area contributed by atoms with Crippen molar-refractivity contribution >= 4 is 23.9 Å². The van der Waals surface area contributed by atoms with Gasteiger partial charge in [0.25, 0.3) is 0 Å². The van der Waals surface area contributed by atoms with Crippen molar-refractivity contribution in [1.82, 2.24) is 9.88 Å². The summed E-state index contributed by atoms with van der Waals surface area (Å²) in [4.78, 5) is 20.7. The maximum absolute atomic E-state index is 12.2. The second-order valence-corrected chi connectivity index (χ2v) is 8.44. The van der Waals surface area contributed by atoms with Crippen molar-refractivity contribution in [2.45, 2.75) is 32.8 Å². The molecule has 0 aliphatic carbocycles. The highest BCUT2D eigenvalue weighted by Crippen LogP contribution is 2.18. The number of ether oxygens (including phenoxy) is 1. The Labute approximate surface area is 178 Å². The fourth-order valence-electron chi connectivity index (χ4n) is 3.26. The lowest BCUT2D eigenvalue weighted by atomic mass is 10.1. The maximum atomic E-state index is 12.2. The summed E-state index contributed by atoms with van der Waals surface area (Å²) in [5, 5.41) is 8.99. The lowest BCUT2D eigenvalue weighted by molar-refractivity contribution is 0.0240. The number of carbonyl (C=O) groups is 1. The molecule has 2 heterocycles. The molecule has 1 aromatic carbocycles. The Kier molecular flexibility index (Phi) is 7.11. The van der Waals surface area contributed by atoms with Gasteiger partial charge in [0.2, 0.25) is 0 Å². The van der Waals surface area contributed by atoms with E-state index in [4.69, 9.17) is 9.84 Å². The number of anilines is 1. The van der Waals surface area contributed by atoms with E-state index in [2.05, 4.69) is 16.0 Å². The molecule has 0 spiro atoms. The van der Waals surface area contributed by atoms with Crippen LogP contribution in [0.15, 0.2) is 42.6 Å². The average molecular weight is 410 g/mol. The van der Waals surface area contributed by atoms with Crippen LogP contribution in [-0.2, 0) is 11.2 Å². The van der Waals surface area contributed by atoms with Crippen molar-refractivity contribution in [2.75, 3.05) is 37.7 Å². The van der Waals surface area contributed by atoms with Crippen molar-refractivity contribution < 1.29 is 14.6 Å². The molecule has 1 aromatic heterocycles. The number of piperazine rings is 1. The highest BCUT2D eigenvalue weighted by atomic mass is 16.6. The summed E-state index contributed by atoms with van der Waals surface area (Å²) in [7, 11) is 0. The molecule has 1 saturated heterocycles. The van der Waals surface area contributed by atoms with E-state index in [0.717, 1.165) is 35.6 Å². The quantitative estimate of drug-likeness (QED) is 0.813. The van der Waals surface area contributed by atoms with Crippen LogP contribution in [0.3, 0.4) is 0 Å². The predicted molar refractivity (Wildman–Crippen MR) is 120 cm³/mol. The number of nitrogens with zero attached hydrogens (tertiary/aromatic N) is 3. The predicted octanol–water partition coefficient (Wildman–Crippen LogP) is 3.84. The van der Waals surface area contributed by atoms with Gasteiger partial charge in [-0.15, -0.1) is 0 Å². The third-order valence-electron chi connectivity index (χ3n) is 4.89. The fraction of sp³-hybridized carbons (Fsp3) is 0.417. The lowest BCUT2D eigenvalue weighted by Gasteiger charge is -2.36. The van der Waals surface area contributed by atoms with Crippen LogP contribution in [-0.4, -0.2) is 59.5 Å². The summed E-state index contributed by atoms with van der Waals surface area (Å²) < 4.78 is 5.45. The van der Waals surface area contributed by atoms with E-state index < -0.39 is 5.60 Å². The molecule has 0 bridgehead atoms. The molecule has 160 valence electrons. The Bertz CT molecular complexity index is 847. The molecular weight excluding hydrogens is 378 g/mol. The van der Waals surface area contributed by atoms with Crippen LogP contribution in [0.2, 0.25) is 0 Å². The van der Waals surface area contributed by atoms with Gasteiger partial charge in [-0.1, -0.05) is 30.3 Å². The first kappa shape index (κ1) is 21.8. The molecule has 1 aliphatic heterocycles. The summed E-state index contributed by atoms with van der Waals surface area (Å²) >= 11 is 0. The first-order valence-electron chi connectivity index (χ1n) is 10.4. The monoisotopic (exact) mass is 409 g/mol. The zero-order valence-electron chi connectivity index (χ0n) is 18.0. The van der Waals surface area contributed by atoms with Crippen LogP contribution >= 0.6 is 0 Å². The van der Waals surface area contributed by atoms with Gasteiger partial charge in [-0.25, -0.2) is 4.79 Å². The normalized spacial score (nSPS) is 14.9. The maximum Gasteiger partial charge on any atom is 0.410 e. The number of aliphatic hydroxyl groups is 1. The molecule has 0 atom stereocenters. The molecule has 1 fully saturated rings. The first-order valence-corrected chi connectivity index (χ1v) is 10.4. The third kappa shape index (κ3) is 6.32. The summed E-state index contributed by atoms with van der Waals surface area (Å²) in [6.07, 6.45) is 6.34. The largest absolute Gasteiger partial charge is 0.444 e. The zero-order chi connectivity index (χ0) is 21.6. The van der Waals surface area contributed by atoms with Crippen LogP contribution in [0.1, 0.15) is 37.6 Å². The van der Waals surface area contributed by atoms with E-state index in [0.29, 0.717) is 19.5 Å². The topological polar surface area (TPSA) is 65.9 Å². The molecule has 0 unspecified atom stereocenters. The van der Waals surface area contributed by atoms with Crippen LogP contribution in [0.5, 0.6) is 0 Å². The van der Waals surface area contributed by atoms with Gasteiger partial charge in [-0.2, -0.15) is 0 Å². The van der Waals surface area contributed by atoms with E-state index in [9.17, 15) is 4.79 Å². The molecule has 1 aliphatic rings. The van der Waals surface area contributed by atoms with Crippen molar-refractivity contribution in [3.63, 3.8) is 0 Å². The van der Waals surface area contributed by atoms with E-state index in [-0.39, 0.29) is 12.7 Å². The Morgan fingerprint density at radius 3 is 2.33 bits per heavy atom. The number of rotatable bonds is 5. The van der Waals surface area contributed by atoms with Crippen molar-refractivity contribution in [3.05, 3.63) is 59.4 Å². The van der Waals surface area contributed by atoms with Gasteiger partial charge in [0.15, 0.2) is 0 Å². The van der Waals surface area contributed by atoms with Gasteiger partial charge in [-0.3, -0.25) is 4.98 Å². The minimum absolute atomic E-state index is 0.168. The molecule has 30 heavy (non-hydrogen) atoms. The SMILES string of the molecule is CC(C)(C)OC(=O)N1CCN(c2ccc(/C=C/c3ccc(CCO)cc3)nc2)CC1. The number of aliphatic hydroxyl groups excluding tert-OH is 1. The minimum atomic E-state index is -0.469. The Morgan fingerprint density at radius 2 is 1.77 bits per heavy atom. The van der Waals surface area contributed by atoms with E-state index in [1.54, 1.807) is 4.90 Å². The van der Waals surface area contributed by atoms with Gasteiger partial charge in [0, 0.05) is 32.8 Å². The van der Waals surface area contributed by atoms with E-state index in [1.807, 2.05) is 69.5 Å². The van der Waals surface area contributed by atoms with Gasteiger partial charge in [0.05, 0.1) is 17.6 Å². The second-order valence-electron chi connectivity index (χ2n) is 8.44. The molecule has 0 saturated carbocycles. The molecule has 0 radical (unpaired) electrons. The van der Waals surface area contributed by atoms with Crippen LogP contribution in [0.4, 0.5) is 10.5 Å². The molecular formula is C24H31N3O3. The third-order valence-corrected chi connectivity index (χ3v) is 4.89. The zero-order valence-corrected chi connectivity index (χ0v) is 18.0. The smallest absolute Gasteiger partial charge is 0.410 e. The first-order chi connectivity index (χ1) is 14.3. The summed E-state index contributed by atoms with van der Waals surface area (Å²) in [5.74, 6) is 0. The van der Waals surface area contributed by atoms with Crippen LogP contribution < -0.4 is 4.90 Å². The van der Waals surface area contributed by atoms with Gasteiger partial charge < -0.3 is 19.6 Å². The van der Waals surface area contributed by atoms with E-state index in [1.165, 1.54) is 0 Å². The summed E-state index contributed by atoms with van der Waals surface area (Å²) in [6.45, 7) is 8.62. The van der Waals surface area contributed by atoms with Crippen molar-refractivity contribution in [3.8, 4) is 0 Å². The number of hydrogen-bond acceptors (Lipinski definition) is 5. The van der Waals surface area contributed by atoms with Crippen LogP contribution in [0.25, 0.3) is 12.2 Å². The minimum Gasteiger partial charge on any atom is -0.444 e. The Balaban J connectivity index is 1.53. The number of amides is 1. The number of aromatic nitrogens is 1. The molecule has 6 heteroatoms. The van der Waals surface area contributed by atoms with Crippen molar-refractivity contribution in [1.29, 1.82) is 0 Å². The van der Waals surface area contributed by atoms with Crippen LogP contribution in [0, 0.1) is 0 Å². The second kappa shape index (κ2) is 9.76. The number of hydrogen-bond donors (Lipinski definition) is 1. The van der Waals surface area contributed by atoms with Crippen molar-refractivity contribution in [2.24, 2.45) is 0 Å².